The number of anilines is 20. The van der Waals surface area contributed by atoms with Crippen LogP contribution in [-0.2, 0) is 0 Å². The lowest BCUT2D eigenvalue weighted by atomic mass is 9.30. The third kappa shape index (κ3) is 4.04. The standard InChI is InChI=1S/C62H40B2N8S/c1-65-41-21-11-19-35-51(41)71-55-43(65)23-13-25-45(55)67(3)47-31-29-39-49(57(47)71)63(35)37-27-28-38-54-53(37)69(39)59-60(62(34-17-9-6-10-18-34)73-61(59)33-15-7-5-8-16-33)70(54)40-30-32-48-58-50(40)64(38)36-20-12-22-42-52(36)72(58)56-44(66(42)2)24-14-26-46(56)68(48)4/h5-32H,1-4H3. The third-order valence-electron chi connectivity index (χ3n) is 18.0. The van der Waals surface area contributed by atoms with E-state index in [2.05, 4.69) is 237 Å². The van der Waals surface area contributed by atoms with E-state index in [1.165, 1.54) is 167 Å². The quantitative estimate of drug-likeness (QED) is 0.158. The summed E-state index contributed by atoms with van der Waals surface area (Å²) in [6.07, 6.45) is 0. The van der Waals surface area contributed by atoms with E-state index >= 15 is 0 Å². The number of thiophene rings is 1. The normalized spacial score (nSPS) is 15.7. The summed E-state index contributed by atoms with van der Waals surface area (Å²) >= 11 is 1.93. The van der Waals surface area contributed by atoms with Crippen LogP contribution in [0.1, 0.15) is 0 Å². The minimum atomic E-state index is -0.0226. The molecule has 8 nitrogen and oxygen atoms in total. The van der Waals surface area contributed by atoms with Crippen molar-refractivity contribution in [2.75, 3.05) is 67.4 Å². The Balaban J connectivity index is 0.987. The molecule has 0 bridgehead atoms. The van der Waals surface area contributed by atoms with Crippen LogP contribution in [0.5, 0.6) is 0 Å². The second kappa shape index (κ2) is 12.4. The van der Waals surface area contributed by atoms with Gasteiger partial charge in [-0.15, -0.1) is 11.3 Å². The summed E-state index contributed by atoms with van der Waals surface area (Å²) in [5, 5.41) is 0. The molecule has 9 aliphatic rings. The Kier molecular flexibility index (Phi) is 6.47. The van der Waals surface area contributed by atoms with Gasteiger partial charge in [0.05, 0.1) is 112 Å². The van der Waals surface area contributed by atoms with Crippen molar-refractivity contribution in [3.8, 4) is 20.9 Å². The fourth-order valence-corrected chi connectivity index (χ4v) is 16.4. The largest absolute Gasteiger partial charge is 0.341 e. The van der Waals surface area contributed by atoms with Gasteiger partial charge in [-0.1, -0.05) is 109 Å². The van der Waals surface area contributed by atoms with Gasteiger partial charge in [0, 0.05) is 39.6 Å². The SMILES string of the molecule is CN1c2cccc3c2N2c4c1cccc4N(C)c1ccc4c(c12)B3c1ccc2c3c1N4c1c(-c4ccccc4)sc(-c4ccccc4)c1N3c1ccc3c4c1B2c1cccc2c1N4c1c(cccc1N3C)N2C. The molecule has 0 amide bonds. The summed E-state index contributed by atoms with van der Waals surface area (Å²) in [5.41, 5.74) is 35.6. The summed E-state index contributed by atoms with van der Waals surface area (Å²) < 4.78 is 0. The van der Waals surface area contributed by atoms with Gasteiger partial charge in [0.2, 0.25) is 0 Å². The lowest BCUT2D eigenvalue weighted by Gasteiger charge is -2.55. The maximum atomic E-state index is 2.74. The van der Waals surface area contributed by atoms with Crippen molar-refractivity contribution in [1.29, 1.82) is 0 Å². The monoisotopic (exact) mass is 950 g/mol. The first-order chi connectivity index (χ1) is 36.0. The molecular formula is C62H40B2N8S. The van der Waals surface area contributed by atoms with E-state index in [0.717, 1.165) is 0 Å². The third-order valence-corrected chi connectivity index (χ3v) is 19.3. The van der Waals surface area contributed by atoms with Crippen LogP contribution in [0.15, 0.2) is 170 Å². The van der Waals surface area contributed by atoms with Gasteiger partial charge in [-0.2, -0.15) is 0 Å². The van der Waals surface area contributed by atoms with Gasteiger partial charge >= 0.3 is 0 Å². The highest BCUT2D eigenvalue weighted by atomic mass is 32.1. The fraction of sp³-hybridized carbons (Fsp3) is 0.0645. The molecule has 0 radical (unpaired) electrons. The number of rotatable bonds is 2. The van der Waals surface area contributed by atoms with Crippen molar-refractivity contribution >= 4 is 171 Å². The fourth-order valence-electron chi connectivity index (χ4n) is 15.1. The summed E-state index contributed by atoms with van der Waals surface area (Å²) in [4.78, 5) is 23.0. The molecular weight excluding hydrogens is 910 g/mol. The average molecular weight is 951 g/mol. The molecule has 10 aromatic rings. The first kappa shape index (κ1) is 38.0. The molecule has 73 heavy (non-hydrogen) atoms. The van der Waals surface area contributed by atoms with E-state index in [-0.39, 0.29) is 13.4 Å². The highest BCUT2D eigenvalue weighted by Crippen LogP contribution is 2.68. The molecule has 340 valence electrons. The predicted octanol–water partition coefficient (Wildman–Crippen LogP) is 11.9. The summed E-state index contributed by atoms with van der Waals surface area (Å²) in [7, 11) is 9.02. The molecule has 0 aliphatic carbocycles. The Labute approximate surface area is 427 Å². The molecule has 0 saturated carbocycles. The van der Waals surface area contributed by atoms with Crippen molar-refractivity contribution < 1.29 is 0 Å². The van der Waals surface area contributed by atoms with E-state index in [9.17, 15) is 0 Å². The lowest BCUT2D eigenvalue weighted by molar-refractivity contribution is 1.07. The van der Waals surface area contributed by atoms with Crippen LogP contribution < -0.4 is 72.0 Å². The second-order valence-electron chi connectivity index (χ2n) is 21.0. The van der Waals surface area contributed by atoms with E-state index in [4.69, 9.17) is 0 Å². The van der Waals surface area contributed by atoms with Crippen LogP contribution in [0.4, 0.5) is 114 Å². The molecule has 0 N–H and O–H groups in total. The van der Waals surface area contributed by atoms with Gasteiger partial charge in [0.1, 0.15) is 0 Å². The van der Waals surface area contributed by atoms with Gasteiger partial charge in [0.25, 0.3) is 13.4 Å². The number of hydrogen-bond donors (Lipinski definition) is 0. The second-order valence-corrected chi connectivity index (χ2v) is 22.0. The van der Waals surface area contributed by atoms with Crippen LogP contribution >= 0.6 is 11.3 Å². The zero-order valence-corrected chi connectivity index (χ0v) is 41.1. The van der Waals surface area contributed by atoms with Crippen molar-refractivity contribution in [1.82, 2.24) is 0 Å². The van der Waals surface area contributed by atoms with E-state index < -0.39 is 0 Å². The molecule has 9 aromatic carbocycles. The molecule has 0 saturated heterocycles. The van der Waals surface area contributed by atoms with Gasteiger partial charge in [-0.3, -0.25) is 0 Å². The van der Waals surface area contributed by atoms with Crippen molar-refractivity contribution in [2.45, 2.75) is 0 Å². The minimum Gasteiger partial charge on any atom is -0.341 e. The molecule has 10 heterocycles. The van der Waals surface area contributed by atoms with Crippen molar-refractivity contribution in [3.63, 3.8) is 0 Å². The smallest absolute Gasteiger partial charge is 0.252 e. The van der Waals surface area contributed by atoms with Crippen molar-refractivity contribution in [3.05, 3.63) is 170 Å². The number of hydrogen-bond acceptors (Lipinski definition) is 9. The van der Waals surface area contributed by atoms with Crippen LogP contribution in [-0.4, -0.2) is 41.6 Å². The minimum absolute atomic E-state index is 0.0226. The maximum absolute atomic E-state index is 2.74. The summed E-state index contributed by atoms with van der Waals surface area (Å²) in [6, 6.07) is 64.9. The van der Waals surface area contributed by atoms with Crippen LogP contribution in [0, 0.1) is 0 Å². The Morgan fingerprint density at radius 3 is 0.986 bits per heavy atom. The van der Waals surface area contributed by atoms with E-state index in [1.54, 1.807) is 0 Å². The molecule has 11 heteroatoms. The predicted molar refractivity (Wildman–Crippen MR) is 309 cm³/mol. The van der Waals surface area contributed by atoms with Crippen molar-refractivity contribution in [2.24, 2.45) is 0 Å². The zero-order valence-electron chi connectivity index (χ0n) is 40.3. The Bertz CT molecular complexity index is 4010. The Hall–Kier alpha value is -8.79. The number of nitrogens with zero attached hydrogens (tertiary/aromatic N) is 8. The first-order valence-electron chi connectivity index (χ1n) is 25.4. The van der Waals surface area contributed by atoms with Crippen LogP contribution in [0.3, 0.4) is 0 Å². The zero-order chi connectivity index (χ0) is 47.6. The Morgan fingerprint density at radius 1 is 0.260 bits per heavy atom. The maximum Gasteiger partial charge on any atom is 0.252 e. The van der Waals surface area contributed by atoms with E-state index in [1.807, 2.05) is 11.3 Å². The highest BCUT2D eigenvalue weighted by Gasteiger charge is 2.57. The van der Waals surface area contributed by atoms with E-state index in [0.29, 0.717) is 0 Å². The summed E-state index contributed by atoms with van der Waals surface area (Å²) in [5.74, 6) is 0. The van der Waals surface area contributed by atoms with Crippen LogP contribution in [0.25, 0.3) is 20.9 Å². The Morgan fingerprint density at radius 2 is 0.589 bits per heavy atom. The average Bonchev–Trinajstić information content (AvgIpc) is 3.96. The number of para-hydroxylation sites is 4. The molecule has 0 fully saturated rings. The molecule has 0 atom stereocenters. The molecule has 1 aromatic heterocycles. The van der Waals surface area contributed by atoms with Crippen LogP contribution in [0.2, 0.25) is 0 Å². The van der Waals surface area contributed by atoms with Gasteiger partial charge in [-0.25, -0.2) is 0 Å². The highest BCUT2D eigenvalue weighted by molar-refractivity contribution is 7.20. The lowest BCUT2D eigenvalue weighted by Crippen LogP contribution is -2.66. The number of fused-ring (bicyclic) bond motifs is 9. The van der Waals surface area contributed by atoms with Gasteiger partial charge < -0.3 is 39.2 Å². The summed E-state index contributed by atoms with van der Waals surface area (Å²) in [6.45, 7) is -0.0452. The molecule has 0 spiro atoms. The first-order valence-corrected chi connectivity index (χ1v) is 26.2. The molecule has 9 aliphatic heterocycles. The van der Waals surface area contributed by atoms with Gasteiger partial charge in [-0.05, 0) is 105 Å². The van der Waals surface area contributed by atoms with Gasteiger partial charge in [0.15, 0.2) is 0 Å². The molecule has 19 rings (SSSR count). The number of benzene rings is 9. The topological polar surface area (TPSA) is 25.9 Å². The molecule has 0 unspecified atom stereocenters.